The maximum atomic E-state index is 13.1. The van der Waals surface area contributed by atoms with Crippen molar-refractivity contribution in [3.8, 4) is 23.0 Å². The molecule has 0 N–H and O–H groups in total. The maximum absolute atomic E-state index is 13.1. The maximum Gasteiger partial charge on any atom is 0.274 e. The molecule has 1 fully saturated rings. The van der Waals surface area contributed by atoms with Crippen LogP contribution in [0.5, 0.6) is 5.88 Å². The standard InChI is InChI=1S/C21H22N6O3/c1-14-6-7-22-16(10-14)18-11-17(21(29)26-9-8-25(2)20(28)13-26)24-27(18)15-4-5-19(30-3)23-12-15/h4-7,10-12H,8-9,13H2,1-3H3. The van der Waals surface area contributed by atoms with E-state index in [2.05, 4.69) is 15.1 Å². The molecular weight excluding hydrogens is 384 g/mol. The molecule has 3 aromatic rings. The van der Waals surface area contributed by atoms with E-state index in [0.29, 0.717) is 36.0 Å². The van der Waals surface area contributed by atoms with E-state index < -0.39 is 0 Å². The van der Waals surface area contributed by atoms with E-state index in [1.807, 2.05) is 25.1 Å². The molecule has 30 heavy (non-hydrogen) atoms. The van der Waals surface area contributed by atoms with Gasteiger partial charge in [-0.3, -0.25) is 14.6 Å². The van der Waals surface area contributed by atoms with Crippen molar-refractivity contribution in [2.45, 2.75) is 6.92 Å². The Bertz CT molecular complexity index is 1090. The van der Waals surface area contributed by atoms with Gasteiger partial charge in [-0.25, -0.2) is 9.67 Å². The first kappa shape index (κ1) is 19.6. The highest BCUT2D eigenvalue weighted by Crippen LogP contribution is 2.24. The van der Waals surface area contributed by atoms with Crippen LogP contribution >= 0.6 is 0 Å². The van der Waals surface area contributed by atoms with Gasteiger partial charge in [-0.15, -0.1) is 0 Å². The summed E-state index contributed by atoms with van der Waals surface area (Å²) in [5.41, 5.74) is 3.31. The molecule has 1 aliphatic rings. The average molecular weight is 406 g/mol. The molecule has 0 saturated carbocycles. The van der Waals surface area contributed by atoms with Crippen LogP contribution in [0.25, 0.3) is 17.1 Å². The van der Waals surface area contributed by atoms with Gasteiger partial charge >= 0.3 is 0 Å². The van der Waals surface area contributed by atoms with E-state index in [4.69, 9.17) is 4.74 Å². The number of nitrogens with zero attached hydrogens (tertiary/aromatic N) is 6. The summed E-state index contributed by atoms with van der Waals surface area (Å²) in [6.07, 6.45) is 3.34. The lowest BCUT2D eigenvalue weighted by Crippen LogP contribution is -2.50. The Labute approximate surface area is 173 Å². The molecule has 0 atom stereocenters. The Morgan fingerprint density at radius 2 is 1.97 bits per heavy atom. The van der Waals surface area contributed by atoms with E-state index in [9.17, 15) is 9.59 Å². The summed E-state index contributed by atoms with van der Waals surface area (Å²) in [6.45, 7) is 2.99. The number of hydrogen-bond acceptors (Lipinski definition) is 6. The van der Waals surface area contributed by atoms with Gasteiger partial charge in [-0.1, -0.05) is 0 Å². The third kappa shape index (κ3) is 3.73. The van der Waals surface area contributed by atoms with Crippen molar-refractivity contribution in [1.82, 2.24) is 29.5 Å². The minimum Gasteiger partial charge on any atom is -0.481 e. The number of aromatic nitrogens is 4. The number of hydrogen-bond donors (Lipinski definition) is 0. The molecule has 0 spiro atoms. The van der Waals surface area contributed by atoms with Crippen LogP contribution in [0.15, 0.2) is 42.7 Å². The predicted molar refractivity (Wildman–Crippen MR) is 109 cm³/mol. The molecule has 4 rings (SSSR count). The quantitative estimate of drug-likeness (QED) is 0.653. The summed E-state index contributed by atoms with van der Waals surface area (Å²) in [5.74, 6) is 0.105. The number of amides is 2. The number of carbonyl (C=O) groups is 2. The lowest BCUT2D eigenvalue weighted by atomic mass is 10.2. The van der Waals surface area contributed by atoms with E-state index in [-0.39, 0.29) is 24.1 Å². The second-order valence-electron chi connectivity index (χ2n) is 7.15. The highest BCUT2D eigenvalue weighted by atomic mass is 16.5. The van der Waals surface area contributed by atoms with Crippen LogP contribution < -0.4 is 4.74 Å². The zero-order chi connectivity index (χ0) is 21.3. The first-order valence-corrected chi connectivity index (χ1v) is 9.53. The van der Waals surface area contributed by atoms with Crippen molar-refractivity contribution in [2.75, 3.05) is 33.8 Å². The Morgan fingerprint density at radius 3 is 2.63 bits per heavy atom. The number of ether oxygens (including phenoxy) is 1. The lowest BCUT2D eigenvalue weighted by molar-refractivity contribution is -0.133. The van der Waals surface area contributed by atoms with E-state index in [1.165, 1.54) is 4.90 Å². The molecule has 0 unspecified atom stereocenters. The summed E-state index contributed by atoms with van der Waals surface area (Å²) >= 11 is 0. The lowest BCUT2D eigenvalue weighted by Gasteiger charge is -2.31. The molecule has 0 radical (unpaired) electrons. The molecule has 154 valence electrons. The highest BCUT2D eigenvalue weighted by Gasteiger charge is 2.28. The number of aryl methyl sites for hydroxylation is 1. The van der Waals surface area contributed by atoms with E-state index in [0.717, 1.165) is 5.56 Å². The molecule has 1 aliphatic heterocycles. The number of piperazine rings is 1. The summed E-state index contributed by atoms with van der Waals surface area (Å²) in [4.78, 5) is 36.9. The number of likely N-dealkylation sites (N-methyl/N-ethyl adjacent to an activating group) is 1. The minimum absolute atomic E-state index is 0.0459. The van der Waals surface area contributed by atoms with Gasteiger partial charge in [0.2, 0.25) is 11.8 Å². The van der Waals surface area contributed by atoms with Gasteiger partial charge in [-0.2, -0.15) is 5.10 Å². The average Bonchev–Trinajstić information content (AvgIpc) is 3.21. The Kier molecular flexibility index (Phi) is 5.18. The van der Waals surface area contributed by atoms with Gasteiger partial charge in [0.1, 0.15) is 6.54 Å². The van der Waals surface area contributed by atoms with Gasteiger partial charge in [0, 0.05) is 32.4 Å². The Morgan fingerprint density at radius 1 is 1.13 bits per heavy atom. The second kappa shape index (κ2) is 7.94. The van der Waals surface area contributed by atoms with Crippen molar-refractivity contribution in [1.29, 1.82) is 0 Å². The van der Waals surface area contributed by atoms with Gasteiger partial charge in [-0.05, 0) is 36.8 Å². The van der Waals surface area contributed by atoms with Crippen LogP contribution in [-0.2, 0) is 4.79 Å². The normalized spacial score (nSPS) is 14.2. The second-order valence-corrected chi connectivity index (χ2v) is 7.15. The molecule has 1 saturated heterocycles. The number of methoxy groups -OCH3 is 1. The van der Waals surface area contributed by atoms with Crippen LogP contribution in [-0.4, -0.2) is 75.2 Å². The predicted octanol–water partition coefficient (Wildman–Crippen LogP) is 1.56. The molecular formula is C21H22N6O3. The molecule has 0 aromatic carbocycles. The molecule has 3 aromatic heterocycles. The largest absolute Gasteiger partial charge is 0.481 e. The van der Waals surface area contributed by atoms with Gasteiger partial charge < -0.3 is 14.5 Å². The molecule has 9 nitrogen and oxygen atoms in total. The van der Waals surface area contributed by atoms with Crippen molar-refractivity contribution in [2.24, 2.45) is 0 Å². The third-order valence-corrected chi connectivity index (χ3v) is 5.03. The van der Waals surface area contributed by atoms with Gasteiger partial charge in [0.05, 0.1) is 30.4 Å². The van der Waals surface area contributed by atoms with Crippen LogP contribution in [0.4, 0.5) is 0 Å². The van der Waals surface area contributed by atoms with Crippen molar-refractivity contribution in [3.63, 3.8) is 0 Å². The first-order valence-electron chi connectivity index (χ1n) is 9.53. The summed E-state index contributed by atoms with van der Waals surface area (Å²) in [5, 5.41) is 4.54. The monoisotopic (exact) mass is 406 g/mol. The summed E-state index contributed by atoms with van der Waals surface area (Å²) in [7, 11) is 3.28. The third-order valence-electron chi connectivity index (χ3n) is 5.03. The van der Waals surface area contributed by atoms with Crippen molar-refractivity contribution in [3.05, 3.63) is 54.0 Å². The Hall–Kier alpha value is -3.75. The van der Waals surface area contributed by atoms with E-state index in [1.54, 1.807) is 48.3 Å². The molecule has 9 heteroatoms. The zero-order valence-corrected chi connectivity index (χ0v) is 17.1. The topological polar surface area (TPSA) is 93.5 Å². The van der Waals surface area contributed by atoms with Crippen LogP contribution in [0.3, 0.4) is 0 Å². The van der Waals surface area contributed by atoms with Crippen LogP contribution in [0.2, 0.25) is 0 Å². The SMILES string of the molecule is COc1ccc(-n2nc(C(=O)N3CCN(C)C(=O)C3)cc2-c2cc(C)ccn2)cn1. The highest BCUT2D eigenvalue weighted by molar-refractivity contribution is 5.96. The van der Waals surface area contributed by atoms with Gasteiger partial charge in [0.25, 0.3) is 5.91 Å². The van der Waals surface area contributed by atoms with Gasteiger partial charge in [0.15, 0.2) is 5.69 Å². The smallest absolute Gasteiger partial charge is 0.274 e. The Balaban J connectivity index is 1.75. The van der Waals surface area contributed by atoms with Crippen LogP contribution in [0.1, 0.15) is 16.1 Å². The number of carbonyl (C=O) groups excluding carboxylic acids is 2. The molecule has 2 amide bonds. The zero-order valence-electron chi connectivity index (χ0n) is 17.1. The fourth-order valence-electron chi connectivity index (χ4n) is 3.25. The van der Waals surface area contributed by atoms with E-state index >= 15 is 0 Å². The van der Waals surface area contributed by atoms with Crippen LogP contribution in [0, 0.1) is 6.92 Å². The molecule has 0 bridgehead atoms. The summed E-state index contributed by atoms with van der Waals surface area (Å²) < 4.78 is 6.77. The fourth-order valence-corrected chi connectivity index (χ4v) is 3.25. The molecule has 0 aliphatic carbocycles. The van der Waals surface area contributed by atoms with Crippen molar-refractivity contribution >= 4 is 11.8 Å². The minimum atomic E-state index is -0.287. The first-order chi connectivity index (χ1) is 14.5. The number of rotatable bonds is 4. The fraction of sp³-hybridized carbons (Fsp3) is 0.286. The van der Waals surface area contributed by atoms with Crippen molar-refractivity contribution < 1.29 is 14.3 Å². The number of pyridine rings is 2. The summed E-state index contributed by atoms with van der Waals surface area (Å²) in [6, 6.07) is 9.08. The molecule has 4 heterocycles.